The highest BCUT2D eigenvalue weighted by atomic mass is 19.4. The number of nitrogens with one attached hydrogen (secondary N) is 3. The predicted octanol–water partition coefficient (Wildman–Crippen LogP) is 5.48. The molecule has 0 radical (unpaired) electrons. The van der Waals surface area contributed by atoms with Crippen molar-refractivity contribution in [1.82, 2.24) is 10.6 Å². The molecular formula is C26H30F5N3O4. The number of carbonyl (C=O) groups is 2. The van der Waals surface area contributed by atoms with Gasteiger partial charge in [-0.1, -0.05) is 32.1 Å². The van der Waals surface area contributed by atoms with Gasteiger partial charge in [-0.3, -0.25) is 9.59 Å². The van der Waals surface area contributed by atoms with Crippen LogP contribution in [0.4, 0.5) is 27.6 Å². The van der Waals surface area contributed by atoms with Gasteiger partial charge in [-0.2, -0.15) is 8.78 Å². The van der Waals surface area contributed by atoms with Crippen LogP contribution in [0.25, 0.3) is 0 Å². The lowest BCUT2D eigenvalue weighted by Gasteiger charge is -2.26. The van der Waals surface area contributed by atoms with Crippen molar-refractivity contribution in [3.05, 3.63) is 54.1 Å². The molecule has 208 valence electrons. The molecule has 0 spiro atoms. The number of anilines is 1. The zero-order chi connectivity index (χ0) is 27.5. The van der Waals surface area contributed by atoms with Gasteiger partial charge in [0.2, 0.25) is 5.91 Å². The molecule has 1 atom stereocenters. The number of halogens is 5. The molecule has 0 aromatic heterocycles. The molecule has 7 nitrogen and oxygen atoms in total. The smallest absolute Gasteiger partial charge is 0.435 e. The van der Waals surface area contributed by atoms with E-state index in [0.29, 0.717) is 18.7 Å². The Hall–Kier alpha value is -3.57. The monoisotopic (exact) mass is 543 g/mol. The first-order valence-corrected chi connectivity index (χ1v) is 12.3. The van der Waals surface area contributed by atoms with E-state index in [2.05, 4.69) is 25.4 Å². The van der Waals surface area contributed by atoms with E-state index >= 15 is 0 Å². The lowest BCUT2D eigenvalue weighted by Crippen LogP contribution is -2.48. The molecular weight excluding hydrogens is 513 g/mol. The molecule has 1 aliphatic rings. The van der Waals surface area contributed by atoms with E-state index in [9.17, 15) is 31.5 Å². The fourth-order valence-corrected chi connectivity index (χ4v) is 4.31. The summed E-state index contributed by atoms with van der Waals surface area (Å²) in [6, 6.07) is 9.61. The van der Waals surface area contributed by atoms with Crippen LogP contribution in [-0.2, 0) is 4.79 Å². The van der Waals surface area contributed by atoms with Crippen molar-refractivity contribution in [2.75, 3.05) is 18.4 Å². The fraction of sp³-hybridized carbons (Fsp3) is 0.462. The lowest BCUT2D eigenvalue weighted by molar-refractivity contribution is -0.274. The SMILES string of the molecule is O=C(N[C@@H](CC1CCCCC1)C(=O)NCCNc1ccc(OC(F)(F)F)cc1)c1ccc(OC(F)F)cc1. The third kappa shape index (κ3) is 10.1. The number of ether oxygens (including phenoxy) is 2. The quantitative estimate of drug-likeness (QED) is 0.244. The second-order valence-corrected chi connectivity index (χ2v) is 8.96. The molecule has 0 bridgehead atoms. The maximum atomic E-state index is 13.0. The highest BCUT2D eigenvalue weighted by Crippen LogP contribution is 2.28. The Morgan fingerprint density at radius 2 is 1.53 bits per heavy atom. The van der Waals surface area contributed by atoms with Crippen LogP contribution in [0.2, 0.25) is 0 Å². The Labute approximate surface area is 217 Å². The Morgan fingerprint density at radius 3 is 2.13 bits per heavy atom. The van der Waals surface area contributed by atoms with Crippen LogP contribution in [0.1, 0.15) is 48.9 Å². The number of alkyl halides is 5. The summed E-state index contributed by atoms with van der Waals surface area (Å²) in [5.41, 5.74) is 0.743. The van der Waals surface area contributed by atoms with Crippen molar-refractivity contribution >= 4 is 17.5 Å². The molecule has 38 heavy (non-hydrogen) atoms. The predicted molar refractivity (Wildman–Crippen MR) is 130 cm³/mol. The van der Waals surface area contributed by atoms with Gasteiger partial charge in [-0.15, -0.1) is 13.2 Å². The fourth-order valence-electron chi connectivity index (χ4n) is 4.31. The molecule has 1 fully saturated rings. The molecule has 2 aromatic rings. The highest BCUT2D eigenvalue weighted by molar-refractivity contribution is 5.97. The van der Waals surface area contributed by atoms with Gasteiger partial charge >= 0.3 is 13.0 Å². The van der Waals surface area contributed by atoms with Crippen LogP contribution in [0.3, 0.4) is 0 Å². The molecule has 0 unspecified atom stereocenters. The number of carbonyl (C=O) groups excluding carboxylic acids is 2. The maximum Gasteiger partial charge on any atom is 0.573 e. The maximum absolute atomic E-state index is 13.0. The van der Waals surface area contributed by atoms with Gasteiger partial charge in [0.25, 0.3) is 5.91 Å². The molecule has 0 heterocycles. The number of rotatable bonds is 12. The Bertz CT molecular complexity index is 1030. The van der Waals surface area contributed by atoms with E-state index in [-0.39, 0.29) is 35.4 Å². The van der Waals surface area contributed by atoms with Gasteiger partial charge in [0, 0.05) is 24.3 Å². The van der Waals surface area contributed by atoms with E-state index in [0.717, 1.165) is 32.1 Å². The van der Waals surface area contributed by atoms with Crippen molar-refractivity contribution in [3.63, 3.8) is 0 Å². The van der Waals surface area contributed by atoms with Gasteiger partial charge in [0.1, 0.15) is 17.5 Å². The van der Waals surface area contributed by atoms with Crippen molar-refractivity contribution < 1.29 is 41.0 Å². The summed E-state index contributed by atoms with van der Waals surface area (Å²) in [5.74, 6) is -1.00. The van der Waals surface area contributed by atoms with Crippen molar-refractivity contribution in [1.29, 1.82) is 0 Å². The Kier molecular flexibility index (Phi) is 10.5. The van der Waals surface area contributed by atoms with Gasteiger partial charge in [0.15, 0.2) is 0 Å². The second-order valence-electron chi connectivity index (χ2n) is 8.96. The molecule has 3 rings (SSSR count). The third-order valence-corrected chi connectivity index (χ3v) is 6.10. The van der Waals surface area contributed by atoms with E-state index in [1.165, 1.54) is 48.5 Å². The molecule has 2 amide bonds. The minimum atomic E-state index is -4.77. The summed E-state index contributed by atoms with van der Waals surface area (Å²) >= 11 is 0. The number of hydrogen-bond donors (Lipinski definition) is 3. The van der Waals surface area contributed by atoms with Crippen molar-refractivity contribution in [2.45, 2.75) is 57.5 Å². The zero-order valence-corrected chi connectivity index (χ0v) is 20.5. The number of hydrogen-bond acceptors (Lipinski definition) is 5. The van der Waals surface area contributed by atoms with Crippen LogP contribution in [-0.4, -0.2) is 43.9 Å². The summed E-state index contributed by atoms with van der Waals surface area (Å²) in [4.78, 5) is 25.8. The van der Waals surface area contributed by atoms with Gasteiger partial charge in [0.05, 0.1) is 0 Å². The summed E-state index contributed by atoms with van der Waals surface area (Å²) in [6.45, 7) is -2.48. The normalized spacial score (nSPS) is 15.0. The number of amides is 2. The molecule has 3 N–H and O–H groups in total. The molecule has 1 saturated carbocycles. The molecule has 0 aliphatic heterocycles. The largest absolute Gasteiger partial charge is 0.573 e. The summed E-state index contributed by atoms with van der Waals surface area (Å²) in [5, 5.41) is 8.53. The lowest BCUT2D eigenvalue weighted by atomic mass is 9.84. The first-order chi connectivity index (χ1) is 18.1. The van der Waals surface area contributed by atoms with E-state index < -0.39 is 24.9 Å². The standard InChI is InChI=1S/C26H30F5N3O4/c27-25(28)37-20-10-6-18(7-11-20)23(35)34-22(16-17-4-2-1-3-5-17)24(36)33-15-14-32-19-8-12-21(13-9-19)38-26(29,30)31/h6-13,17,22,25,32H,1-5,14-16H2,(H,33,36)(H,34,35)/t22-/m0/s1. The highest BCUT2D eigenvalue weighted by Gasteiger charge is 2.31. The van der Waals surface area contributed by atoms with Gasteiger partial charge in [-0.05, 0) is 60.9 Å². The second kappa shape index (κ2) is 13.8. The van der Waals surface area contributed by atoms with E-state index in [1.807, 2.05) is 0 Å². The average Bonchev–Trinajstić information content (AvgIpc) is 2.87. The van der Waals surface area contributed by atoms with Crippen LogP contribution in [0, 0.1) is 5.92 Å². The van der Waals surface area contributed by atoms with Crippen molar-refractivity contribution in [2.24, 2.45) is 5.92 Å². The topological polar surface area (TPSA) is 88.7 Å². The van der Waals surface area contributed by atoms with Crippen LogP contribution >= 0.6 is 0 Å². The molecule has 0 saturated heterocycles. The summed E-state index contributed by atoms with van der Waals surface area (Å²) < 4.78 is 69.7. The summed E-state index contributed by atoms with van der Waals surface area (Å²) in [7, 11) is 0. The average molecular weight is 544 g/mol. The molecule has 1 aliphatic carbocycles. The minimum absolute atomic E-state index is 0.0805. The number of benzene rings is 2. The van der Waals surface area contributed by atoms with Gasteiger partial charge in [-0.25, -0.2) is 0 Å². The van der Waals surface area contributed by atoms with Crippen molar-refractivity contribution in [3.8, 4) is 11.5 Å². The summed E-state index contributed by atoms with van der Waals surface area (Å²) in [6.07, 6.45) is 0.906. The Morgan fingerprint density at radius 1 is 0.895 bits per heavy atom. The first-order valence-electron chi connectivity index (χ1n) is 12.3. The van der Waals surface area contributed by atoms with E-state index in [1.54, 1.807) is 0 Å². The first kappa shape index (κ1) is 29.0. The molecule has 2 aromatic carbocycles. The van der Waals surface area contributed by atoms with Gasteiger partial charge < -0.3 is 25.4 Å². The molecule has 12 heteroatoms. The Balaban J connectivity index is 1.53. The van der Waals surface area contributed by atoms with Crippen LogP contribution in [0.5, 0.6) is 11.5 Å². The van der Waals surface area contributed by atoms with E-state index in [4.69, 9.17) is 0 Å². The minimum Gasteiger partial charge on any atom is -0.435 e. The zero-order valence-electron chi connectivity index (χ0n) is 20.5. The van der Waals surface area contributed by atoms with Crippen LogP contribution in [0.15, 0.2) is 48.5 Å². The third-order valence-electron chi connectivity index (χ3n) is 6.10. The van der Waals surface area contributed by atoms with Crippen LogP contribution < -0.4 is 25.4 Å².